The summed E-state index contributed by atoms with van der Waals surface area (Å²) in [6.45, 7) is 5.20. The van der Waals surface area contributed by atoms with Gasteiger partial charge in [-0.15, -0.1) is 0 Å². The van der Waals surface area contributed by atoms with Gasteiger partial charge in [0.25, 0.3) is 0 Å². The van der Waals surface area contributed by atoms with Crippen molar-refractivity contribution < 1.29 is 0 Å². The Morgan fingerprint density at radius 3 is 2.84 bits per heavy atom. The predicted octanol–water partition coefficient (Wildman–Crippen LogP) is 2.17. The van der Waals surface area contributed by atoms with Gasteiger partial charge in [-0.25, -0.2) is 0 Å². The van der Waals surface area contributed by atoms with Crippen molar-refractivity contribution in [3.8, 4) is 0 Å². The van der Waals surface area contributed by atoms with E-state index in [2.05, 4.69) is 16.9 Å². The number of nitrogen functional groups attached to an aromatic ring is 1. The number of aromatic nitrogens is 2. The molecule has 0 amide bonds. The van der Waals surface area contributed by atoms with Gasteiger partial charge in [0.1, 0.15) is 11.7 Å². The monoisotopic (exact) mass is 263 g/mol. The fourth-order valence-corrected chi connectivity index (χ4v) is 3.20. The van der Waals surface area contributed by atoms with Crippen LogP contribution in [0, 0.1) is 12.3 Å². The Balaban J connectivity index is 2.41. The number of nitrogens with zero attached hydrogens (tertiary/aromatic N) is 3. The van der Waals surface area contributed by atoms with Crippen LogP contribution in [0.5, 0.6) is 0 Å². The number of hydrogen-bond acceptors (Lipinski definition) is 3. The molecule has 5 nitrogen and oxygen atoms in total. The molecule has 1 atom stereocenters. The first-order valence-electron chi connectivity index (χ1n) is 7.20. The fourth-order valence-electron chi connectivity index (χ4n) is 3.20. The number of nitrogens with two attached hydrogens (primary N) is 1. The highest BCUT2D eigenvalue weighted by Crippen LogP contribution is 2.30. The molecule has 2 heterocycles. The van der Waals surface area contributed by atoms with Gasteiger partial charge in [0, 0.05) is 19.6 Å². The molecule has 1 saturated heterocycles. The maximum Gasteiger partial charge on any atom is 0.138 e. The molecule has 0 spiro atoms. The minimum Gasteiger partial charge on any atom is -0.384 e. The lowest BCUT2D eigenvalue weighted by Gasteiger charge is -2.37. The second-order valence-electron chi connectivity index (χ2n) is 5.45. The van der Waals surface area contributed by atoms with Crippen molar-refractivity contribution in [1.82, 2.24) is 9.78 Å². The molecule has 2 rings (SSSR count). The lowest BCUT2D eigenvalue weighted by atomic mass is 9.97. The maximum absolute atomic E-state index is 7.81. The number of anilines is 1. The smallest absolute Gasteiger partial charge is 0.138 e. The molecular weight excluding hydrogens is 238 g/mol. The summed E-state index contributed by atoms with van der Waals surface area (Å²) in [6.07, 6.45) is 6.12. The zero-order valence-electron chi connectivity index (χ0n) is 12.2. The first-order valence-corrected chi connectivity index (χ1v) is 7.20. The van der Waals surface area contributed by atoms with Crippen LogP contribution >= 0.6 is 0 Å². The molecule has 0 aromatic carbocycles. The zero-order chi connectivity index (χ0) is 14.0. The molecule has 1 aromatic heterocycles. The van der Waals surface area contributed by atoms with Gasteiger partial charge < -0.3 is 10.6 Å². The fraction of sp³-hybridized carbons (Fsp3) is 0.714. The van der Waals surface area contributed by atoms with E-state index in [0.717, 1.165) is 23.6 Å². The van der Waals surface area contributed by atoms with Crippen LogP contribution in [-0.4, -0.2) is 28.2 Å². The summed E-state index contributed by atoms with van der Waals surface area (Å²) in [6, 6.07) is 0.562. The van der Waals surface area contributed by atoms with Crippen LogP contribution in [-0.2, 0) is 7.05 Å². The largest absolute Gasteiger partial charge is 0.384 e. The number of rotatable bonds is 4. The summed E-state index contributed by atoms with van der Waals surface area (Å²) >= 11 is 0. The number of aryl methyl sites for hydroxylation is 2. The molecule has 19 heavy (non-hydrogen) atoms. The SMILES string of the molecule is CCCC1CCCCN1c1c(C(=N)N)c(C)nn1C. The Kier molecular flexibility index (Phi) is 4.12. The molecule has 1 fully saturated rings. The molecule has 0 radical (unpaired) electrons. The Morgan fingerprint density at radius 1 is 1.47 bits per heavy atom. The Labute approximate surface area is 115 Å². The van der Waals surface area contributed by atoms with Gasteiger partial charge in [-0.3, -0.25) is 10.1 Å². The molecule has 0 aliphatic carbocycles. The third-order valence-electron chi connectivity index (χ3n) is 3.98. The topological polar surface area (TPSA) is 70.9 Å². The minimum absolute atomic E-state index is 0.126. The van der Waals surface area contributed by atoms with E-state index in [0.29, 0.717) is 6.04 Å². The van der Waals surface area contributed by atoms with E-state index in [1.165, 1.54) is 32.1 Å². The number of amidine groups is 1. The van der Waals surface area contributed by atoms with E-state index in [9.17, 15) is 0 Å². The van der Waals surface area contributed by atoms with E-state index < -0.39 is 0 Å². The quantitative estimate of drug-likeness (QED) is 0.646. The van der Waals surface area contributed by atoms with Crippen molar-refractivity contribution in [2.24, 2.45) is 12.8 Å². The second-order valence-corrected chi connectivity index (χ2v) is 5.45. The van der Waals surface area contributed by atoms with Crippen LogP contribution in [0.2, 0.25) is 0 Å². The second kappa shape index (κ2) is 5.63. The minimum atomic E-state index is 0.126. The summed E-state index contributed by atoms with van der Waals surface area (Å²) < 4.78 is 1.89. The van der Waals surface area contributed by atoms with E-state index in [1.807, 2.05) is 18.7 Å². The molecule has 3 N–H and O–H groups in total. The average Bonchev–Trinajstić information content (AvgIpc) is 2.65. The van der Waals surface area contributed by atoms with Crippen molar-refractivity contribution in [3.05, 3.63) is 11.3 Å². The highest BCUT2D eigenvalue weighted by Gasteiger charge is 2.28. The highest BCUT2D eigenvalue weighted by molar-refractivity contribution is 6.01. The van der Waals surface area contributed by atoms with Crippen LogP contribution in [0.25, 0.3) is 0 Å². The molecular formula is C14H25N5. The van der Waals surface area contributed by atoms with Gasteiger partial charge in [-0.1, -0.05) is 13.3 Å². The van der Waals surface area contributed by atoms with Gasteiger partial charge in [-0.05, 0) is 32.6 Å². The molecule has 1 unspecified atom stereocenters. The van der Waals surface area contributed by atoms with Gasteiger partial charge in [0.2, 0.25) is 0 Å². The van der Waals surface area contributed by atoms with Gasteiger partial charge in [0.15, 0.2) is 0 Å². The number of piperidine rings is 1. The maximum atomic E-state index is 7.81. The van der Waals surface area contributed by atoms with E-state index in [-0.39, 0.29) is 5.84 Å². The molecule has 1 aromatic rings. The van der Waals surface area contributed by atoms with Crippen molar-refractivity contribution in [3.63, 3.8) is 0 Å². The zero-order valence-corrected chi connectivity index (χ0v) is 12.2. The summed E-state index contributed by atoms with van der Waals surface area (Å²) in [7, 11) is 1.95. The van der Waals surface area contributed by atoms with Crippen LogP contribution in [0.4, 0.5) is 5.82 Å². The standard InChI is InChI=1S/C14H25N5/c1-4-7-11-8-5-6-9-19(11)14-12(13(15)16)10(2)17-18(14)3/h11H,4-9H2,1-3H3,(H3,15,16). The average molecular weight is 263 g/mol. The van der Waals surface area contributed by atoms with Crippen LogP contribution in [0.3, 0.4) is 0 Å². The molecule has 0 saturated carbocycles. The van der Waals surface area contributed by atoms with Gasteiger partial charge in [-0.2, -0.15) is 5.10 Å². The molecule has 106 valence electrons. The third-order valence-corrected chi connectivity index (χ3v) is 3.98. The number of nitrogens with one attached hydrogen (secondary N) is 1. The molecule has 5 heteroatoms. The Bertz CT molecular complexity index is 461. The summed E-state index contributed by atoms with van der Waals surface area (Å²) in [5, 5.41) is 12.3. The summed E-state index contributed by atoms with van der Waals surface area (Å²) in [5.74, 6) is 1.16. The predicted molar refractivity (Wildman–Crippen MR) is 78.9 cm³/mol. The molecule has 1 aliphatic rings. The molecule has 1 aliphatic heterocycles. The van der Waals surface area contributed by atoms with Crippen molar-refractivity contribution in [1.29, 1.82) is 5.41 Å². The van der Waals surface area contributed by atoms with E-state index >= 15 is 0 Å². The summed E-state index contributed by atoms with van der Waals surface area (Å²) in [5.41, 5.74) is 7.42. The lowest BCUT2D eigenvalue weighted by molar-refractivity contribution is 0.426. The van der Waals surface area contributed by atoms with Crippen LogP contribution < -0.4 is 10.6 Å². The molecule has 0 bridgehead atoms. The van der Waals surface area contributed by atoms with E-state index in [4.69, 9.17) is 11.1 Å². The highest BCUT2D eigenvalue weighted by atomic mass is 15.4. The first kappa shape index (κ1) is 13.9. The van der Waals surface area contributed by atoms with Gasteiger partial charge in [0.05, 0.1) is 11.3 Å². The van der Waals surface area contributed by atoms with E-state index in [1.54, 1.807) is 0 Å². The first-order chi connectivity index (χ1) is 9.06. The Morgan fingerprint density at radius 2 is 2.21 bits per heavy atom. The van der Waals surface area contributed by atoms with Crippen molar-refractivity contribution >= 4 is 11.7 Å². The number of hydrogen-bond donors (Lipinski definition) is 2. The van der Waals surface area contributed by atoms with Crippen molar-refractivity contribution in [2.75, 3.05) is 11.4 Å². The van der Waals surface area contributed by atoms with Crippen LogP contribution in [0.15, 0.2) is 0 Å². The van der Waals surface area contributed by atoms with Crippen LogP contribution in [0.1, 0.15) is 50.3 Å². The Hall–Kier alpha value is -1.52. The normalized spacial score (nSPS) is 19.7. The van der Waals surface area contributed by atoms with Crippen molar-refractivity contribution in [2.45, 2.75) is 52.0 Å². The third kappa shape index (κ3) is 2.60. The van der Waals surface area contributed by atoms with Gasteiger partial charge >= 0.3 is 0 Å². The lowest BCUT2D eigenvalue weighted by Crippen LogP contribution is -2.41. The summed E-state index contributed by atoms with van der Waals surface area (Å²) in [4.78, 5) is 2.42.